The van der Waals surface area contributed by atoms with Crippen molar-refractivity contribution in [2.75, 3.05) is 26.7 Å². The number of nitrogens with zero attached hydrogens (tertiary/aromatic N) is 1. The first-order valence-electron chi connectivity index (χ1n) is 10.4. The minimum Gasteiger partial charge on any atom is -0.497 e. The highest BCUT2D eigenvalue weighted by Gasteiger charge is 2.29. The first-order valence-corrected chi connectivity index (χ1v) is 10.4. The second-order valence-corrected chi connectivity index (χ2v) is 8.12. The number of methoxy groups -OCH3 is 1. The standard InChI is InChI=1S/C24H31NO2/c1-27-22-9-10-23-21(17-22)8-7-20(24(23)26)13-16-25-14-11-19(12-15-25)18-5-3-2-4-6-18/h2-6,9-10,17,19-20,24,26H,7-8,11-16H2,1H3. The van der Waals surface area contributed by atoms with Crippen LogP contribution >= 0.6 is 0 Å². The van der Waals surface area contributed by atoms with Crippen LogP contribution in [-0.4, -0.2) is 36.8 Å². The summed E-state index contributed by atoms with van der Waals surface area (Å²) >= 11 is 0. The fraction of sp³-hybridized carbons (Fsp3) is 0.500. The van der Waals surface area contributed by atoms with Gasteiger partial charge in [-0.2, -0.15) is 0 Å². The van der Waals surface area contributed by atoms with Gasteiger partial charge in [0.25, 0.3) is 0 Å². The average molecular weight is 366 g/mol. The van der Waals surface area contributed by atoms with Crippen LogP contribution in [0.2, 0.25) is 0 Å². The summed E-state index contributed by atoms with van der Waals surface area (Å²) in [5, 5.41) is 10.8. The molecule has 1 heterocycles. The van der Waals surface area contributed by atoms with Gasteiger partial charge < -0.3 is 14.7 Å². The van der Waals surface area contributed by atoms with Crippen molar-refractivity contribution in [3.8, 4) is 5.75 Å². The monoisotopic (exact) mass is 365 g/mol. The van der Waals surface area contributed by atoms with Gasteiger partial charge in [0.2, 0.25) is 0 Å². The molecule has 144 valence electrons. The molecule has 2 unspecified atom stereocenters. The normalized spacial score (nSPS) is 23.8. The number of benzene rings is 2. The number of piperidine rings is 1. The van der Waals surface area contributed by atoms with E-state index >= 15 is 0 Å². The number of aliphatic hydroxyl groups is 1. The van der Waals surface area contributed by atoms with Crippen LogP contribution in [0.15, 0.2) is 48.5 Å². The molecule has 3 heteroatoms. The molecule has 2 atom stereocenters. The molecule has 0 aromatic heterocycles. The molecule has 1 aliphatic carbocycles. The van der Waals surface area contributed by atoms with E-state index in [4.69, 9.17) is 4.74 Å². The van der Waals surface area contributed by atoms with E-state index in [1.807, 2.05) is 6.07 Å². The number of aryl methyl sites for hydroxylation is 1. The Labute approximate surface area is 163 Å². The first-order chi connectivity index (χ1) is 13.2. The third-order valence-corrected chi connectivity index (χ3v) is 6.57. The van der Waals surface area contributed by atoms with Gasteiger partial charge in [0, 0.05) is 0 Å². The minimum atomic E-state index is -0.332. The zero-order valence-electron chi connectivity index (χ0n) is 16.3. The number of hydrogen-bond acceptors (Lipinski definition) is 3. The van der Waals surface area contributed by atoms with Crippen LogP contribution in [0.5, 0.6) is 5.75 Å². The number of hydrogen-bond donors (Lipinski definition) is 1. The summed E-state index contributed by atoms with van der Waals surface area (Å²) < 4.78 is 5.32. The first kappa shape index (κ1) is 18.5. The summed E-state index contributed by atoms with van der Waals surface area (Å²) in [6.07, 6.45) is 5.37. The van der Waals surface area contributed by atoms with Gasteiger partial charge >= 0.3 is 0 Å². The van der Waals surface area contributed by atoms with E-state index in [1.165, 1.54) is 37.1 Å². The molecule has 0 radical (unpaired) electrons. The highest BCUT2D eigenvalue weighted by atomic mass is 16.5. The molecule has 3 nitrogen and oxygen atoms in total. The average Bonchev–Trinajstić information content (AvgIpc) is 2.74. The minimum absolute atomic E-state index is 0.332. The number of aliphatic hydroxyl groups excluding tert-OH is 1. The smallest absolute Gasteiger partial charge is 0.119 e. The fourth-order valence-corrected chi connectivity index (χ4v) is 4.83. The van der Waals surface area contributed by atoms with Gasteiger partial charge in [-0.1, -0.05) is 36.4 Å². The lowest BCUT2D eigenvalue weighted by Gasteiger charge is -2.35. The van der Waals surface area contributed by atoms with E-state index in [1.54, 1.807) is 7.11 Å². The van der Waals surface area contributed by atoms with Crippen molar-refractivity contribution in [3.63, 3.8) is 0 Å². The van der Waals surface area contributed by atoms with E-state index in [2.05, 4.69) is 47.4 Å². The van der Waals surface area contributed by atoms with E-state index in [-0.39, 0.29) is 6.10 Å². The zero-order chi connectivity index (χ0) is 18.6. The molecular weight excluding hydrogens is 334 g/mol. The van der Waals surface area contributed by atoms with E-state index < -0.39 is 0 Å². The Morgan fingerprint density at radius 3 is 2.56 bits per heavy atom. The van der Waals surface area contributed by atoms with Crippen LogP contribution in [0.4, 0.5) is 0 Å². The zero-order valence-corrected chi connectivity index (χ0v) is 16.3. The Hall–Kier alpha value is -1.84. The van der Waals surface area contributed by atoms with Gasteiger partial charge in [0.1, 0.15) is 5.75 Å². The Balaban J connectivity index is 1.28. The van der Waals surface area contributed by atoms with Crippen LogP contribution in [0, 0.1) is 5.92 Å². The highest BCUT2D eigenvalue weighted by molar-refractivity contribution is 5.38. The maximum atomic E-state index is 10.8. The lowest BCUT2D eigenvalue weighted by molar-refractivity contribution is 0.0771. The van der Waals surface area contributed by atoms with Crippen LogP contribution in [0.3, 0.4) is 0 Å². The van der Waals surface area contributed by atoms with Gasteiger partial charge in [0.15, 0.2) is 0 Å². The topological polar surface area (TPSA) is 32.7 Å². The molecule has 1 saturated heterocycles. The number of ether oxygens (including phenoxy) is 1. The van der Waals surface area contributed by atoms with Crippen LogP contribution in [0.1, 0.15) is 54.4 Å². The van der Waals surface area contributed by atoms with Crippen molar-refractivity contribution in [1.82, 2.24) is 4.90 Å². The molecule has 0 saturated carbocycles. The third kappa shape index (κ3) is 4.20. The van der Waals surface area contributed by atoms with Crippen molar-refractivity contribution in [2.24, 2.45) is 5.92 Å². The lowest BCUT2D eigenvalue weighted by atomic mass is 9.79. The Morgan fingerprint density at radius 2 is 1.81 bits per heavy atom. The van der Waals surface area contributed by atoms with Gasteiger partial charge in [-0.15, -0.1) is 0 Å². The second-order valence-electron chi connectivity index (χ2n) is 8.12. The van der Waals surface area contributed by atoms with Gasteiger partial charge in [0.05, 0.1) is 13.2 Å². The third-order valence-electron chi connectivity index (χ3n) is 6.57. The predicted molar refractivity (Wildman–Crippen MR) is 109 cm³/mol. The van der Waals surface area contributed by atoms with E-state index in [0.29, 0.717) is 11.8 Å². The summed E-state index contributed by atoms with van der Waals surface area (Å²) in [6.45, 7) is 3.46. The van der Waals surface area contributed by atoms with Gasteiger partial charge in [-0.25, -0.2) is 0 Å². The van der Waals surface area contributed by atoms with Crippen molar-refractivity contribution < 1.29 is 9.84 Å². The van der Waals surface area contributed by atoms with Crippen molar-refractivity contribution in [2.45, 2.75) is 44.1 Å². The summed E-state index contributed by atoms with van der Waals surface area (Å²) in [4.78, 5) is 2.59. The Morgan fingerprint density at radius 1 is 1.04 bits per heavy atom. The maximum absolute atomic E-state index is 10.8. The molecule has 1 aliphatic heterocycles. The summed E-state index contributed by atoms with van der Waals surface area (Å²) in [7, 11) is 1.70. The van der Waals surface area contributed by atoms with E-state index in [9.17, 15) is 5.11 Å². The molecule has 2 aliphatic rings. The Kier molecular flexibility index (Phi) is 5.80. The summed E-state index contributed by atoms with van der Waals surface area (Å²) in [5.74, 6) is 1.98. The molecule has 0 amide bonds. The molecule has 2 aromatic rings. The van der Waals surface area contributed by atoms with Crippen molar-refractivity contribution in [3.05, 3.63) is 65.2 Å². The fourth-order valence-electron chi connectivity index (χ4n) is 4.83. The quantitative estimate of drug-likeness (QED) is 0.843. The van der Waals surface area contributed by atoms with Crippen molar-refractivity contribution >= 4 is 0 Å². The molecule has 1 fully saturated rings. The number of likely N-dealkylation sites (tertiary alicyclic amines) is 1. The SMILES string of the molecule is COc1ccc2c(c1)CCC(CCN1CCC(c3ccccc3)CC1)C2O. The predicted octanol–water partition coefficient (Wildman–Crippen LogP) is 4.56. The Bertz CT molecular complexity index is 737. The van der Waals surface area contributed by atoms with Gasteiger partial charge in [-0.05, 0) is 92.4 Å². The summed E-state index contributed by atoms with van der Waals surface area (Å²) in [6, 6.07) is 17.1. The highest BCUT2D eigenvalue weighted by Crippen LogP contribution is 2.38. The lowest BCUT2D eigenvalue weighted by Crippen LogP contribution is -2.35. The number of fused-ring (bicyclic) bond motifs is 1. The molecule has 4 rings (SSSR count). The van der Waals surface area contributed by atoms with E-state index in [0.717, 1.165) is 37.1 Å². The van der Waals surface area contributed by atoms with Crippen LogP contribution in [-0.2, 0) is 6.42 Å². The number of rotatable bonds is 5. The largest absolute Gasteiger partial charge is 0.497 e. The molecule has 0 spiro atoms. The second kappa shape index (κ2) is 8.45. The molecule has 1 N–H and O–H groups in total. The molecular formula is C24H31NO2. The van der Waals surface area contributed by atoms with Gasteiger partial charge in [-0.3, -0.25) is 0 Å². The van der Waals surface area contributed by atoms with Crippen molar-refractivity contribution in [1.29, 1.82) is 0 Å². The molecule has 0 bridgehead atoms. The van der Waals surface area contributed by atoms with Crippen LogP contribution in [0.25, 0.3) is 0 Å². The summed E-state index contributed by atoms with van der Waals surface area (Å²) in [5.41, 5.74) is 3.85. The van der Waals surface area contributed by atoms with Crippen LogP contribution < -0.4 is 4.74 Å². The maximum Gasteiger partial charge on any atom is 0.119 e. The molecule has 27 heavy (non-hydrogen) atoms. The molecule has 2 aromatic carbocycles.